The summed E-state index contributed by atoms with van der Waals surface area (Å²) in [6, 6.07) is 8.23. The second-order valence-electron chi connectivity index (χ2n) is 3.93. The van der Waals surface area contributed by atoms with Crippen molar-refractivity contribution in [1.82, 2.24) is 4.90 Å². The van der Waals surface area contributed by atoms with Crippen LogP contribution in [0.4, 0.5) is 0 Å². The van der Waals surface area contributed by atoms with Gasteiger partial charge >= 0.3 is 0 Å². The van der Waals surface area contributed by atoms with Crippen LogP contribution < -0.4 is 4.74 Å². The zero-order valence-corrected chi connectivity index (χ0v) is 11.5. The SMILES string of the molecule is CCc1ccccc1OCCN(CC)CCCl. The van der Waals surface area contributed by atoms with Crippen LogP contribution in [0.3, 0.4) is 0 Å². The number of ether oxygens (including phenoxy) is 1. The fourth-order valence-corrected chi connectivity index (χ4v) is 2.01. The number of likely N-dealkylation sites (N-methyl/N-ethyl adjacent to an activating group) is 1. The Bertz CT molecular complexity index is 317. The van der Waals surface area contributed by atoms with E-state index in [0.717, 1.165) is 38.4 Å². The molecule has 0 saturated carbocycles. The molecule has 3 heteroatoms. The predicted octanol–water partition coefficient (Wildman–Crippen LogP) is 3.19. The molecule has 0 fully saturated rings. The van der Waals surface area contributed by atoms with Crippen molar-refractivity contribution in [2.24, 2.45) is 0 Å². The molecule has 0 radical (unpaired) electrons. The van der Waals surface area contributed by atoms with E-state index in [1.54, 1.807) is 0 Å². The first-order valence-electron chi connectivity index (χ1n) is 6.30. The number of hydrogen-bond donors (Lipinski definition) is 0. The van der Waals surface area contributed by atoms with Crippen molar-refractivity contribution in [1.29, 1.82) is 0 Å². The summed E-state index contributed by atoms with van der Waals surface area (Å²) in [5, 5.41) is 0. The quantitative estimate of drug-likeness (QED) is 0.662. The number of halogens is 1. The molecule has 0 aliphatic heterocycles. The smallest absolute Gasteiger partial charge is 0.122 e. The van der Waals surface area contributed by atoms with Crippen molar-refractivity contribution in [3.8, 4) is 5.75 Å². The number of rotatable bonds is 8. The second kappa shape index (κ2) is 8.37. The summed E-state index contributed by atoms with van der Waals surface area (Å²) in [6.07, 6.45) is 1.01. The minimum atomic E-state index is 0.680. The molecular weight excluding hydrogens is 234 g/mol. The van der Waals surface area contributed by atoms with Gasteiger partial charge in [-0.15, -0.1) is 11.6 Å². The first-order valence-corrected chi connectivity index (χ1v) is 6.84. The van der Waals surface area contributed by atoms with Gasteiger partial charge in [-0.05, 0) is 24.6 Å². The number of alkyl halides is 1. The molecule has 1 rings (SSSR count). The zero-order chi connectivity index (χ0) is 12.5. The van der Waals surface area contributed by atoms with Gasteiger partial charge < -0.3 is 4.74 Å². The topological polar surface area (TPSA) is 12.5 Å². The van der Waals surface area contributed by atoms with Crippen LogP contribution in [0, 0.1) is 0 Å². The molecule has 0 aliphatic rings. The summed E-state index contributed by atoms with van der Waals surface area (Å²) in [5.41, 5.74) is 1.27. The van der Waals surface area contributed by atoms with E-state index in [2.05, 4.69) is 30.9 Å². The van der Waals surface area contributed by atoms with Crippen LogP contribution in [0.2, 0.25) is 0 Å². The average molecular weight is 256 g/mol. The van der Waals surface area contributed by atoms with Gasteiger partial charge in [0.1, 0.15) is 12.4 Å². The number of aryl methyl sites for hydroxylation is 1. The van der Waals surface area contributed by atoms with Gasteiger partial charge in [-0.25, -0.2) is 0 Å². The minimum absolute atomic E-state index is 0.680. The third-order valence-electron chi connectivity index (χ3n) is 2.87. The van der Waals surface area contributed by atoms with E-state index in [0.29, 0.717) is 5.88 Å². The fraction of sp³-hybridized carbons (Fsp3) is 0.571. The second-order valence-corrected chi connectivity index (χ2v) is 4.31. The van der Waals surface area contributed by atoms with Crippen LogP contribution in [-0.4, -0.2) is 37.0 Å². The monoisotopic (exact) mass is 255 g/mol. The van der Waals surface area contributed by atoms with Crippen LogP contribution in [0.5, 0.6) is 5.75 Å². The summed E-state index contributed by atoms with van der Waals surface area (Å²) in [4.78, 5) is 2.29. The summed E-state index contributed by atoms with van der Waals surface area (Å²) >= 11 is 5.74. The molecule has 17 heavy (non-hydrogen) atoms. The van der Waals surface area contributed by atoms with Crippen LogP contribution in [-0.2, 0) is 6.42 Å². The van der Waals surface area contributed by atoms with E-state index in [1.807, 2.05) is 12.1 Å². The summed E-state index contributed by atoms with van der Waals surface area (Å²) in [6.45, 7) is 7.89. The lowest BCUT2D eigenvalue weighted by Gasteiger charge is -2.19. The largest absolute Gasteiger partial charge is 0.492 e. The molecule has 0 saturated heterocycles. The minimum Gasteiger partial charge on any atom is -0.492 e. The molecule has 96 valence electrons. The highest BCUT2D eigenvalue weighted by atomic mass is 35.5. The Kier molecular flexibility index (Phi) is 7.06. The first-order chi connectivity index (χ1) is 8.31. The molecule has 1 aromatic rings. The third kappa shape index (κ3) is 4.97. The van der Waals surface area contributed by atoms with Gasteiger partial charge in [0.05, 0.1) is 0 Å². The molecule has 0 unspecified atom stereocenters. The van der Waals surface area contributed by atoms with Crippen molar-refractivity contribution < 1.29 is 4.74 Å². The van der Waals surface area contributed by atoms with Gasteiger partial charge in [0, 0.05) is 19.0 Å². The number of hydrogen-bond acceptors (Lipinski definition) is 2. The molecule has 1 aromatic carbocycles. The zero-order valence-electron chi connectivity index (χ0n) is 10.8. The van der Waals surface area contributed by atoms with Gasteiger partial charge in [-0.1, -0.05) is 32.0 Å². The van der Waals surface area contributed by atoms with E-state index >= 15 is 0 Å². The van der Waals surface area contributed by atoms with Gasteiger partial charge in [-0.2, -0.15) is 0 Å². The van der Waals surface area contributed by atoms with E-state index < -0.39 is 0 Å². The lowest BCUT2D eigenvalue weighted by atomic mass is 10.1. The van der Waals surface area contributed by atoms with Crippen molar-refractivity contribution in [3.63, 3.8) is 0 Å². The highest BCUT2D eigenvalue weighted by Crippen LogP contribution is 2.17. The van der Waals surface area contributed by atoms with Crippen molar-refractivity contribution in [2.45, 2.75) is 20.3 Å². The Morgan fingerprint density at radius 3 is 2.59 bits per heavy atom. The average Bonchev–Trinajstić information content (AvgIpc) is 2.38. The van der Waals surface area contributed by atoms with Gasteiger partial charge in [0.15, 0.2) is 0 Å². The molecule has 0 aromatic heterocycles. The fourth-order valence-electron chi connectivity index (χ4n) is 1.77. The molecule has 0 amide bonds. The van der Waals surface area contributed by atoms with Crippen LogP contribution >= 0.6 is 11.6 Å². The Morgan fingerprint density at radius 1 is 1.18 bits per heavy atom. The van der Waals surface area contributed by atoms with Crippen molar-refractivity contribution in [2.75, 3.05) is 32.1 Å². The number of para-hydroxylation sites is 1. The maximum atomic E-state index is 5.82. The normalized spacial score (nSPS) is 10.8. The molecule has 0 heterocycles. The summed E-state index contributed by atoms with van der Waals surface area (Å²) < 4.78 is 5.82. The Morgan fingerprint density at radius 2 is 1.94 bits per heavy atom. The third-order valence-corrected chi connectivity index (χ3v) is 3.04. The molecule has 0 spiro atoms. The van der Waals surface area contributed by atoms with E-state index in [-0.39, 0.29) is 0 Å². The molecular formula is C14H22ClNO. The van der Waals surface area contributed by atoms with E-state index in [1.165, 1.54) is 5.56 Å². The number of benzene rings is 1. The molecule has 0 aliphatic carbocycles. The lowest BCUT2D eigenvalue weighted by molar-refractivity contribution is 0.222. The molecule has 2 nitrogen and oxygen atoms in total. The maximum absolute atomic E-state index is 5.82. The standard InChI is InChI=1S/C14H22ClNO/c1-3-13-7-5-6-8-14(13)17-12-11-16(4-2)10-9-15/h5-8H,3-4,9-12H2,1-2H3. The summed E-state index contributed by atoms with van der Waals surface area (Å²) in [7, 11) is 0. The van der Waals surface area contributed by atoms with Crippen molar-refractivity contribution >= 4 is 11.6 Å². The maximum Gasteiger partial charge on any atom is 0.122 e. The van der Waals surface area contributed by atoms with Gasteiger partial charge in [0.25, 0.3) is 0 Å². The molecule has 0 bridgehead atoms. The Balaban J connectivity index is 2.39. The van der Waals surface area contributed by atoms with E-state index in [9.17, 15) is 0 Å². The van der Waals surface area contributed by atoms with Crippen LogP contribution in [0.1, 0.15) is 19.4 Å². The highest BCUT2D eigenvalue weighted by molar-refractivity contribution is 6.18. The Labute approximate surface area is 110 Å². The Hall–Kier alpha value is -0.730. The summed E-state index contributed by atoms with van der Waals surface area (Å²) in [5.74, 6) is 1.69. The van der Waals surface area contributed by atoms with E-state index in [4.69, 9.17) is 16.3 Å². The van der Waals surface area contributed by atoms with Gasteiger partial charge in [0.2, 0.25) is 0 Å². The van der Waals surface area contributed by atoms with Crippen LogP contribution in [0.25, 0.3) is 0 Å². The molecule has 0 atom stereocenters. The van der Waals surface area contributed by atoms with Crippen LogP contribution in [0.15, 0.2) is 24.3 Å². The van der Waals surface area contributed by atoms with Gasteiger partial charge in [-0.3, -0.25) is 4.90 Å². The molecule has 0 N–H and O–H groups in total. The lowest BCUT2D eigenvalue weighted by Crippen LogP contribution is -2.30. The predicted molar refractivity (Wildman–Crippen MR) is 74.1 cm³/mol. The van der Waals surface area contributed by atoms with Crippen molar-refractivity contribution in [3.05, 3.63) is 29.8 Å². The number of nitrogens with zero attached hydrogens (tertiary/aromatic N) is 1. The first kappa shape index (κ1) is 14.3. The highest BCUT2D eigenvalue weighted by Gasteiger charge is 2.03.